The summed E-state index contributed by atoms with van der Waals surface area (Å²) < 4.78 is 2.31. The number of hydrogen-bond acceptors (Lipinski definition) is 6. The summed E-state index contributed by atoms with van der Waals surface area (Å²) in [7, 11) is 0. The number of carbonyl (C=O) groups excluding carboxylic acids is 1. The third kappa shape index (κ3) is 3.92. The second-order valence-electron chi connectivity index (χ2n) is 4.50. The molecular weight excluding hydrogens is 398 g/mol. The number of nitrogen functional groups attached to an aromatic ring is 1. The molecule has 2 heterocycles. The van der Waals surface area contributed by atoms with Gasteiger partial charge in [-0.05, 0) is 29.6 Å². The molecule has 0 saturated heterocycles. The number of amides is 1. The Bertz CT molecular complexity index is 818. The maximum atomic E-state index is 12.0. The van der Waals surface area contributed by atoms with Crippen LogP contribution in [0, 0.1) is 0 Å². The van der Waals surface area contributed by atoms with E-state index < -0.39 is 0 Å². The smallest absolute Gasteiger partial charge is 0.234 e. The molecule has 3 rings (SSSR count). The Labute approximate surface area is 149 Å². The van der Waals surface area contributed by atoms with Crippen molar-refractivity contribution in [2.45, 2.75) is 5.16 Å². The number of thioether (sulfide) groups is 1. The molecule has 0 atom stereocenters. The summed E-state index contributed by atoms with van der Waals surface area (Å²) in [6.07, 6.45) is 0. The van der Waals surface area contributed by atoms with Gasteiger partial charge in [0.05, 0.1) is 10.6 Å². The number of anilines is 1. The summed E-state index contributed by atoms with van der Waals surface area (Å²) in [6, 6.07) is 11.3. The molecule has 0 aliphatic carbocycles. The Kier molecular flexibility index (Phi) is 4.99. The van der Waals surface area contributed by atoms with Gasteiger partial charge in [0.1, 0.15) is 0 Å². The minimum atomic E-state index is -0.131. The molecule has 0 fully saturated rings. The summed E-state index contributed by atoms with van der Waals surface area (Å²) in [4.78, 5) is 12.9. The van der Waals surface area contributed by atoms with Crippen molar-refractivity contribution in [3.8, 4) is 10.7 Å². The first kappa shape index (κ1) is 16.0. The number of hydrogen-bond donors (Lipinski definition) is 2. The fourth-order valence-electron chi connectivity index (χ4n) is 1.84. The molecular formula is C14H12BrN5OS2. The number of aromatic nitrogens is 3. The van der Waals surface area contributed by atoms with Crippen molar-refractivity contribution in [2.24, 2.45) is 0 Å². The van der Waals surface area contributed by atoms with Gasteiger partial charge in [-0.15, -0.1) is 21.5 Å². The Morgan fingerprint density at radius 2 is 2.22 bits per heavy atom. The summed E-state index contributed by atoms with van der Waals surface area (Å²) >= 11 is 6.14. The third-order valence-electron chi connectivity index (χ3n) is 2.85. The summed E-state index contributed by atoms with van der Waals surface area (Å²) in [5, 5.41) is 13.4. The summed E-state index contributed by atoms with van der Waals surface area (Å²) in [6.45, 7) is 0. The van der Waals surface area contributed by atoms with Gasteiger partial charge in [-0.25, -0.2) is 4.68 Å². The zero-order chi connectivity index (χ0) is 16.2. The summed E-state index contributed by atoms with van der Waals surface area (Å²) in [5.41, 5.74) is 0.735. The van der Waals surface area contributed by atoms with Crippen LogP contribution in [0.1, 0.15) is 0 Å². The predicted octanol–water partition coefficient (Wildman–Crippen LogP) is 3.21. The molecule has 23 heavy (non-hydrogen) atoms. The van der Waals surface area contributed by atoms with Crippen molar-refractivity contribution < 1.29 is 4.79 Å². The van der Waals surface area contributed by atoms with Gasteiger partial charge in [-0.3, -0.25) is 4.79 Å². The standard InChI is InChI=1S/C14H12BrN5OS2/c15-9-3-1-4-10(7-9)17-12(21)8-23-14-19-18-13(20(14)16)11-5-2-6-22-11/h1-7H,8,16H2,(H,17,21). The molecule has 0 aliphatic heterocycles. The number of halogens is 1. The zero-order valence-electron chi connectivity index (χ0n) is 11.8. The van der Waals surface area contributed by atoms with Gasteiger partial charge in [0.15, 0.2) is 5.82 Å². The lowest BCUT2D eigenvalue weighted by atomic mass is 10.3. The van der Waals surface area contributed by atoms with E-state index in [4.69, 9.17) is 5.84 Å². The molecule has 0 bridgehead atoms. The Morgan fingerprint density at radius 3 is 2.96 bits per heavy atom. The van der Waals surface area contributed by atoms with Crippen LogP contribution in [-0.4, -0.2) is 26.5 Å². The SMILES string of the molecule is Nn1c(SCC(=O)Nc2cccc(Br)c2)nnc1-c1cccs1. The molecule has 1 amide bonds. The zero-order valence-corrected chi connectivity index (χ0v) is 15.0. The molecule has 2 aromatic heterocycles. The lowest BCUT2D eigenvalue weighted by Crippen LogP contribution is -2.16. The van der Waals surface area contributed by atoms with Crippen molar-refractivity contribution in [2.75, 3.05) is 16.9 Å². The fraction of sp³-hybridized carbons (Fsp3) is 0.0714. The van der Waals surface area contributed by atoms with Gasteiger partial charge in [-0.1, -0.05) is 39.8 Å². The second kappa shape index (κ2) is 7.16. The maximum absolute atomic E-state index is 12.0. The molecule has 0 saturated carbocycles. The first-order chi connectivity index (χ1) is 11.1. The third-order valence-corrected chi connectivity index (χ3v) is 5.15. The van der Waals surface area contributed by atoms with E-state index in [1.54, 1.807) is 0 Å². The highest BCUT2D eigenvalue weighted by atomic mass is 79.9. The maximum Gasteiger partial charge on any atom is 0.234 e. The van der Waals surface area contributed by atoms with Crippen molar-refractivity contribution in [3.05, 3.63) is 46.3 Å². The number of benzene rings is 1. The first-order valence-corrected chi connectivity index (χ1v) is 9.22. The second-order valence-corrected chi connectivity index (χ2v) is 7.31. The van der Waals surface area contributed by atoms with Crippen LogP contribution in [0.2, 0.25) is 0 Å². The normalized spacial score (nSPS) is 10.7. The monoisotopic (exact) mass is 409 g/mol. The number of nitrogens with two attached hydrogens (primary N) is 1. The van der Waals surface area contributed by atoms with E-state index in [0.717, 1.165) is 15.0 Å². The lowest BCUT2D eigenvalue weighted by Gasteiger charge is -2.05. The quantitative estimate of drug-likeness (QED) is 0.498. The van der Waals surface area contributed by atoms with E-state index in [0.29, 0.717) is 11.0 Å². The molecule has 0 radical (unpaired) electrons. The van der Waals surface area contributed by atoms with Crippen LogP contribution < -0.4 is 11.2 Å². The molecule has 118 valence electrons. The minimum Gasteiger partial charge on any atom is -0.335 e. The van der Waals surface area contributed by atoms with Crippen molar-refractivity contribution in [3.63, 3.8) is 0 Å². The predicted molar refractivity (Wildman–Crippen MR) is 97.0 cm³/mol. The van der Waals surface area contributed by atoms with Crippen molar-refractivity contribution in [1.82, 2.24) is 14.9 Å². The van der Waals surface area contributed by atoms with Crippen LogP contribution in [0.15, 0.2) is 51.4 Å². The van der Waals surface area contributed by atoms with Crippen molar-refractivity contribution >= 4 is 50.6 Å². The number of rotatable bonds is 5. The average molecular weight is 410 g/mol. The highest BCUT2D eigenvalue weighted by Crippen LogP contribution is 2.25. The molecule has 0 aliphatic rings. The largest absolute Gasteiger partial charge is 0.335 e. The lowest BCUT2D eigenvalue weighted by molar-refractivity contribution is -0.113. The Hall–Kier alpha value is -1.84. The minimum absolute atomic E-state index is 0.131. The Balaban J connectivity index is 1.61. The topological polar surface area (TPSA) is 85.8 Å². The van der Waals surface area contributed by atoms with E-state index in [1.807, 2.05) is 41.8 Å². The van der Waals surface area contributed by atoms with E-state index in [1.165, 1.54) is 27.8 Å². The molecule has 0 spiro atoms. The molecule has 3 N–H and O–H groups in total. The van der Waals surface area contributed by atoms with Gasteiger partial charge in [-0.2, -0.15) is 0 Å². The number of nitrogens with one attached hydrogen (secondary N) is 1. The van der Waals surface area contributed by atoms with Gasteiger partial charge in [0, 0.05) is 10.2 Å². The van der Waals surface area contributed by atoms with Gasteiger partial charge in [0.25, 0.3) is 0 Å². The van der Waals surface area contributed by atoms with Crippen LogP contribution in [0.25, 0.3) is 10.7 Å². The Morgan fingerprint density at radius 1 is 1.35 bits per heavy atom. The molecule has 1 aromatic carbocycles. The van der Waals surface area contributed by atoms with Crippen molar-refractivity contribution in [1.29, 1.82) is 0 Å². The van der Waals surface area contributed by atoms with Crippen LogP contribution in [0.3, 0.4) is 0 Å². The number of nitrogens with zero attached hydrogens (tertiary/aromatic N) is 3. The van der Waals surface area contributed by atoms with E-state index in [9.17, 15) is 4.79 Å². The summed E-state index contributed by atoms with van der Waals surface area (Å²) in [5.74, 6) is 6.66. The van der Waals surface area contributed by atoms with E-state index >= 15 is 0 Å². The van der Waals surface area contributed by atoms with E-state index in [-0.39, 0.29) is 11.7 Å². The first-order valence-electron chi connectivity index (χ1n) is 6.56. The van der Waals surface area contributed by atoms with Gasteiger partial charge < -0.3 is 11.2 Å². The molecule has 6 nitrogen and oxygen atoms in total. The average Bonchev–Trinajstić information content (AvgIpc) is 3.15. The van der Waals surface area contributed by atoms with Crippen LogP contribution in [-0.2, 0) is 4.79 Å². The fourth-order valence-corrected chi connectivity index (χ4v) is 3.60. The van der Waals surface area contributed by atoms with Crippen LogP contribution in [0.4, 0.5) is 5.69 Å². The van der Waals surface area contributed by atoms with Gasteiger partial charge >= 0.3 is 0 Å². The van der Waals surface area contributed by atoms with Gasteiger partial charge in [0.2, 0.25) is 11.1 Å². The molecule has 3 aromatic rings. The molecule has 9 heteroatoms. The number of carbonyl (C=O) groups is 1. The van der Waals surface area contributed by atoms with E-state index in [2.05, 4.69) is 31.4 Å². The van der Waals surface area contributed by atoms with Crippen LogP contribution in [0.5, 0.6) is 0 Å². The highest BCUT2D eigenvalue weighted by molar-refractivity contribution is 9.10. The highest BCUT2D eigenvalue weighted by Gasteiger charge is 2.14. The van der Waals surface area contributed by atoms with Crippen LogP contribution >= 0.6 is 39.0 Å². The number of thiophene rings is 1. The molecule has 0 unspecified atom stereocenters.